The zero-order valence-corrected chi connectivity index (χ0v) is 23.1. The minimum Gasteiger partial charge on any atom is -0.508 e. The van der Waals surface area contributed by atoms with Crippen LogP contribution in [-0.4, -0.2) is 82.7 Å². The number of aromatic hydroxyl groups is 1. The average molecular weight is 550 g/mol. The van der Waals surface area contributed by atoms with E-state index in [0.29, 0.717) is 5.76 Å². The van der Waals surface area contributed by atoms with Gasteiger partial charge in [0, 0.05) is 27.1 Å². The molecule has 2 N–H and O–H groups in total. The van der Waals surface area contributed by atoms with Gasteiger partial charge in [-0.3, -0.25) is 9.59 Å². The molecule has 1 aliphatic heterocycles. The number of ether oxygens (including phenoxy) is 1. The van der Waals surface area contributed by atoms with Gasteiger partial charge in [-0.2, -0.15) is 0 Å². The van der Waals surface area contributed by atoms with Crippen molar-refractivity contribution in [2.24, 2.45) is 0 Å². The van der Waals surface area contributed by atoms with Crippen molar-refractivity contribution >= 4 is 17.8 Å². The highest BCUT2D eigenvalue weighted by molar-refractivity contribution is 5.90. The maximum absolute atomic E-state index is 13.9. The number of carbonyl (C=O) groups is 3. The van der Waals surface area contributed by atoms with Gasteiger partial charge >= 0.3 is 6.03 Å². The van der Waals surface area contributed by atoms with Crippen LogP contribution >= 0.6 is 0 Å². The lowest BCUT2D eigenvalue weighted by molar-refractivity contribution is -0.171. The molecule has 3 aromatic rings. The molecule has 11 heteroatoms. The molecule has 2 heterocycles. The topological polar surface area (TPSA) is 119 Å². The lowest BCUT2D eigenvalue weighted by atomic mass is 10.0. The van der Waals surface area contributed by atoms with Crippen molar-refractivity contribution in [1.29, 1.82) is 0 Å². The van der Waals surface area contributed by atoms with Crippen LogP contribution in [0.3, 0.4) is 0 Å². The fourth-order valence-corrected chi connectivity index (χ4v) is 4.85. The summed E-state index contributed by atoms with van der Waals surface area (Å²) in [6.07, 6.45) is 0.976. The fraction of sp³-hybridized carbons (Fsp3) is 0.345. The number of benzene rings is 2. The van der Waals surface area contributed by atoms with E-state index in [1.165, 1.54) is 33.2 Å². The summed E-state index contributed by atoms with van der Waals surface area (Å²) in [6.45, 7) is 2.14. The van der Waals surface area contributed by atoms with Gasteiger partial charge in [0.25, 0.3) is 0 Å². The molecule has 4 rings (SSSR count). The highest BCUT2D eigenvalue weighted by Gasteiger charge is 2.44. The largest absolute Gasteiger partial charge is 0.508 e. The van der Waals surface area contributed by atoms with E-state index < -0.39 is 18.2 Å². The van der Waals surface area contributed by atoms with E-state index >= 15 is 0 Å². The SMILES string of the molecule is COc1ccc(CNC(=O)N2[C@@H](C)N([C@@H](Cc3ccc(O)cc3)C(=O)N(C)Cc3ccco3)C(=O)CN2C)cc1. The van der Waals surface area contributed by atoms with E-state index in [-0.39, 0.29) is 43.6 Å². The maximum Gasteiger partial charge on any atom is 0.334 e. The summed E-state index contributed by atoms with van der Waals surface area (Å²) in [6, 6.07) is 16.1. The van der Waals surface area contributed by atoms with Crippen molar-refractivity contribution in [2.45, 2.75) is 38.6 Å². The molecule has 4 amide bonds. The summed E-state index contributed by atoms with van der Waals surface area (Å²) in [5.74, 6) is 0.849. The number of urea groups is 1. The summed E-state index contributed by atoms with van der Waals surface area (Å²) >= 11 is 0. The van der Waals surface area contributed by atoms with Crippen LogP contribution in [-0.2, 0) is 29.1 Å². The predicted molar refractivity (Wildman–Crippen MR) is 147 cm³/mol. The first-order valence-electron chi connectivity index (χ1n) is 13.0. The molecule has 1 aliphatic rings. The summed E-state index contributed by atoms with van der Waals surface area (Å²) in [5.41, 5.74) is 1.64. The predicted octanol–water partition coefficient (Wildman–Crippen LogP) is 2.81. The normalized spacial score (nSPS) is 16.5. The third kappa shape index (κ3) is 6.55. The number of hydrogen-bond acceptors (Lipinski definition) is 7. The zero-order valence-electron chi connectivity index (χ0n) is 23.1. The Morgan fingerprint density at radius 2 is 1.80 bits per heavy atom. The standard InChI is InChI=1S/C29H35N5O6/c1-20-33(27(36)19-32(3)34(20)29(38)30-17-22-9-13-24(39-4)14-10-22)26(16-21-7-11-23(35)12-8-21)28(37)31(2)18-25-6-5-15-40-25/h5-15,20,26,35H,16-19H2,1-4H3,(H,30,38)/t20-,26-/m0/s1. The van der Waals surface area contributed by atoms with Gasteiger partial charge in [0.1, 0.15) is 29.5 Å². The Morgan fingerprint density at radius 1 is 1.12 bits per heavy atom. The van der Waals surface area contributed by atoms with Crippen LogP contribution in [0.5, 0.6) is 11.5 Å². The zero-order chi connectivity index (χ0) is 28.8. The molecular formula is C29H35N5O6. The van der Waals surface area contributed by atoms with E-state index in [9.17, 15) is 19.5 Å². The molecule has 1 aromatic heterocycles. The molecule has 0 radical (unpaired) electrons. The van der Waals surface area contributed by atoms with Gasteiger partial charge in [-0.1, -0.05) is 24.3 Å². The van der Waals surface area contributed by atoms with Crippen LogP contribution in [0.1, 0.15) is 23.8 Å². The van der Waals surface area contributed by atoms with Gasteiger partial charge in [0.05, 0.1) is 26.5 Å². The highest BCUT2D eigenvalue weighted by atomic mass is 16.5. The minimum atomic E-state index is -0.905. The van der Waals surface area contributed by atoms with Crippen LogP contribution in [0.25, 0.3) is 0 Å². The van der Waals surface area contributed by atoms with Crippen LogP contribution < -0.4 is 10.1 Å². The van der Waals surface area contributed by atoms with Crippen LogP contribution in [0, 0.1) is 0 Å². The molecule has 0 unspecified atom stereocenters. The molecular weight excluding hydrogens is 514 g/mol. The average Bonchev–Trinajstić information content (AvgIpc) is 3.45. The molecule has 0 bridgehead atoms. The number of rotatable bonds is 9. The summed E-state index contributed by atoms with van der Waals surface area (Å²) < 4.78 is 10.6. The van der Waals surface area contributed by atoms with Crippen LogP contribution in [0.2, 0.25) is 0 Å². The van der Waals surface area contributed by atoms with Gasteiger partial charge in [-0.25, -0.2) is 14.8 Å². The Bertz CT molecular complexity index is 1300. The number of nitrogens with one attached hydrogen (secondary N) is 1. The second-order valence-corrected chi connectivity index (χ2v) is 9.76. The molecule has 0 saturated carbocycles. The summed E-state index contributed by atoms with van der Waals surface area (Å²) in [7, 11) is 4.91. The molecule has 0 aliphatic carbocycles. The number of phenols is 1. The third-order valence-electron chi connectivity index (χ3n) is 6.92. The first-order chi connectivity index (χ1) is 19.2. The van der Waals surface area contributed by atoms with Crippen LogP contribution in [0.4, 0.5) is 4.79 Å². The fourth-order valence-electron chi connectivity index (χ4n) is 4.85. The van der Waals surface area contributed by atoms with E-state index in [4.69, 9.17) is 9.15 Å². The molecule has 2 atom stereocenters. The first kappa shape index (κ1) is 28.5. The van der Waals surface area contributed by atoms with E-state index in [1.54, 1.807) is 57.4 Å². The minimum absolute atomic E-state index is 0.0818. The Morgan fingerprint density at radius 3 is 2.42 bits per heavy atom. The number of nitrogens with zero attached hydrogens (tertiary/aromatic N) is 4. The number of phenolic OH excluding ortho intramolecular Hbond substituents is 1. The van der Waals surface area contributed by atoms with Gasteiger partial charge in [-0.05, 0) is 54.4 Å². The molecule has 2 aromatic carbocycles. The van der Waals surface area contributed by atoms with Gasteiger partial charge in [-0.15, -0.1) is 0 Å². The van der Waals surface area contributed by atoms with Gasteiger partial charge in [0.15, 0.2) is 0 Å². The number of hydrazine groups is 1. The lowest BCUT2D eigenvalue weighted by Gasteiger charge is -2.49. The van der Waals surface area contributed by atoms with E-state index in [0.717, 1.165) is 16.9 Å². The number of methoxy groups -OCH3 is 1. The first-order valence-corrected chi connectivity index (χ1v) is 13.0. The van der Waals surface area contributed by atoms with Crippen molar-refractivity contribution in [3.63, 3.8) is 0 Å². The van der Waals surface area contributed by atoms with Crippen molar-refractivity contribution in [3.8, 4) is 11.5 Å². The smallest absolute Gasteiger partial charge is 0.334 e. The Balaban J connectivity index is 1.56. The molecule has 212 valence electrons. The second kappa shape index (κ2) is 12.6. The lowest BCUT2D eigenvalue weighted by Crippen LogP contribution is -2.69. The van der Waals surface area contributed by atoms with Crippen molar-refractivity contribution in [3.05, 3.63) is 83.8 Å². The Hall–Kier alpha value is -4.51. The molecule has 0 spiro atoms. The Kier molecular flexibility index (Phi) is 8.95. The highest BCUT2D eigenvalue weighted by Crippen LogP contribution is 2.24. The van der Waals surface area contributed by atoms with Crippen molar-refractivity contribution in [2.75, 3.05) is 27.7 Å². The molecule has 40 heavy (non-hydrogen) atoms. The summed E-state index contributed by atoms with van der Waals surface area (Å²) in [5, 5.41) is 15.7. The van der Waals surface area contributed by atoms with Crippen LogP contribution in [0.15, 0.2) is 71.3 Å². The number of furan rings is 1. The number of carbonyl (C=O) groups excluding carboxylic acids is 3. The quantitative estimate of drug-likeness (QED) is 0.421. The number of hydrogen-bond donors (Lipinski definition) is 2. The maximum atomic E-state index is 13.9. The molecule has 11 nitrogen and oxygen atoms in total. The van der Waals surface area contributed by atoms with E-state index in [1.807, 2.05) is 24.3 Å². The Labute approximate surface area is 233 Å². The summed E-state index contributed by atoms with van der Waals surface area (Å²) in [4.78, 5) is 43.6. The van der Waals surface area contributed by atoms with E-state index in [2.05, 4.69) is 5.32 Å². The van der Waals surface area contributed by atoms with Crippen molar-refractivity contribution in [1.82, 2.24) is 25.1 Å². The van der Waals surface area contributed by atoms with Gasteiger partial charge < -0.3 is 29.4 Å². The number of likely N-dealkylation sites (N-methyl/N-ethyl adjacent to an activating group) is 2. The van der Waals surface area contributed by atoms with Gasteiger partial charge in [0.2, 0.25) is 11.8 Å². The van der Waals surface area contributed by atoms with Crippen molar-refractivity contribution < 1.29 is 28.6 Å². The monoisotopic (exact) mass is 549 g/mol. The third-order valence-corrected chi connectivity index (χ3v) is 6.92. The molecule has 1 fully saturated rings. The second-order valence-electron chi connectivity index (χ2n) is 9.76. The number of amides is 4. The molecule has 1 saturated heterocycles.